The smallest absolute Gasteiger partial charge is 0.335 e. The number of nitrogens with one attached hydrogen (secondary N) is 2. The number of halogens is 2. The molecule has 2 rings (SSSR count). The van der Waals surface area contributed by atoms with Crippen molar-refractivity contribution in [2.75, 3.05) is 10.6 Å². The first-order valence-corrected chi connectivity index (χ1v) is 6.58. The third kappa shape index (κ3) is 4.11. The van der Waals surface area contributed by atoms with Crippen LogP contribution in [0.1, 0.15) is 10.4 Å². The highest BCUT2D eigenvalue weighted by molar-refractivity contribution is 6.42. The molecule has 0 aliphatic rings. The van der Waals surface area contributed by atoms with Crippen molar-refractivity contribution in [3.05, 3.63) is 58.1 Å². The summed E-state index contributed by atoms with van der Waals surface area (Å²) in [7, 11) is 0. The van der Waals surface area contributed by atoms with Crippen LogP contribution < -0.4 is 10.6 Å². The fraction of sp³-hybridized carbons (Fsp3) is 0. The average molecular weight is 325 g/mol. The van der Waals surface area contributed by atoms with E-state index in [1.807, 2.05) is 0 Å². The maximum absolute atomic E-state index is 11.8. The van der Waals surface area contributed by atoms with Gasteiger partial charge < -0.3 is 15.7 Å². The maximum Gasteiger partial charge on any atom is 0.335 e. The molecule has 7 heteroatoms. The van der Waals surface area contributed by atoms with E-state index in [2.05, 4.69) is 10.6 Å². The van der Waals surface area contributed by atoms with E-state index in [1.165, 1.54) is 30.3 Å². The topological polar surface area (TPSA) is 78.4 Å². The van der Waals surface area contributed by atoms with Crippen LogP contribution in [0.25, 0.3) is 0 Å². The molecular weight excluding hydrogens is 315 g/mol. The molecular formula is C14H10Cl2N2O3. The van der Waals surface area contributed by atoms with Crippen molar-refractivity contribution in [3.63, 3.8) is 0 Å². The largest absolute Gasteiger partial charge is 0.478 e. The Balaban J connectivity index is 2.01. The number of urea groups is 1. The molecule has 21 heavy (non-hydrogen) atoms. The molecule has 0 atom stereocenters. The zero-order valence-electron chi connectivity index (χ0n) is 10.6. The summed E-state index contributed by atoms with van der Waals surface area (Å²) < 4.78 is 0. The van der Waals surface area contributed by atoms with Crippen LogP contribution in [-0.2, 0) is 0 Å². The molecule has 5 nitrogen and oxygen atoms in total. The summed E-state index contributed by atoms with van der Waals surface area (Å²) in [5.41, 5.74) is 1.10. The van der Waals surface area contributed by atoms with Crippen molar-refractivity contribution in [1.29, 1.82) is 0 Å². The predicted octanol–water partition coefficient (Wildman–Crippen LogP) is 4.34. The summed E-state index contributed by atoms with van der Waals surface area (Å²) in [4.78, 5) is 22.5. The van der Waals surface area contributed by atoms with Crippen LogP contribution in [0.2, 0.25) is 10.0 Å². The van der Waals surface area contributed by atoms with Crippen molar-refractivity contribution in [3.8, 4) is 0 Å². The predicted molar refractivity (Wildman–Crippen MR) is 82.5 cm³/mol. The number of benzene rings is 2. The summed E-state index contributed by atoms with van der Waals surface area (Å²) in [5.74, 6) is -1.03. The van der Waals surface area contributed by atoms with Gasteiger partial charge in [-0.2, -0.15) is 0 Å². The van der Waals surface area contributed by atoms with Gasteiger partial charge in [0.15, 0.2) is 0 Å². The van der Waals surface area contributed by atoms with E-state index >= 15 is 0 Å². The molecule has 3 N–H and O–H groups in total. The monoisotopic (exact) mass is 324 g/mol. The average Bonchev–Trinajstić information content (AvgIpc) is 2.43. The molecule has 0 unspecified atom stereocenters. The minimum absolute atomic E-state index is 0.144. The number of hydrogen-bond donors (Lipinski definition) is 3. The van der Waals surface area contributed by atoms with Gasteiger partial charge in [0.25, 0.3) is 0 Å². The lowest BCUT2D eigenvalue weighted by Crippen LogP contribution is -2.19. The molecule has 0 aromatic heterocycles. The Labute approximate surface area is 130 Å². The van der Waals surface area contributed by atoms with E-state index < -0.39 is 12.0 Å². The van der Waals surface area contributed by atoms with Crippen LogP contribution >= 0.6 is 23.2 Å². The van der Waals surface area contributed by atoms with Crippen LogP contribution in [0.15, 0.2) is 42.5 Å². The number of carboxylic acid groups (broad SMARTS) is 1. The number of rotatable bonds is 3. The standard InChI is InChI=1S/C14H10Cl2N2O3/c15-11-6-5-10(7-12(11)16)18-14(21)17-9-3-1-8(2-4-9)13(19)20/h1-7H,(H,19,20)(H2,17,18,21). The Kier molecular flexibility index (Phi) is 4.67. The number of carbonyl (C=O) groups excluding carboxylic acids is 1. The summed E-state index contributed by atoms with van der Waals surface area (Å²) >= 11 is 11.6. The number of anilines is 2. The summed E-state index contributed by atoms with van der Waals surface area (Å²) in [6.07, 6.45) is 0. The highest BCUT2D eigenvalue weighted by Gasteiger charge is 2.06. The molecule has 0 saturated carbocycles. The molecule has 0 bridgehead atoms. The Hall–Kier alpha value is -2.24. The summed E-state index contributed by atoms with van der Waals surface area (Å²) in [6, 6.07) is 10.0. The van der Waals surface area contributed by atoms with E-state index in [-0.39, 0.29) is 5.56 Å². The van der Waals surface area contributed by atoms with Crippen molar-refractivity contribution in [2.24, 2.45) is 0 Å². The van der Waals surface area contributed by atoms with E-state index in [1.54, 1.807) is 12.1 Å². The molecule has 108 valence electrons. The van der Waals surface area contributed by atoms with Gasteiger partial charge >= 0.3 is 12.0 Å². The quantitative estimate of drug-likeness (QED) is 0.785. The maximum atomic E-state index is 11.8. The number of amides is 2. The second-order valence-corrected chi connectivity index (χ2v) is 4.90. The molecule has 2 amide bonds. The zero-order chi connectivity index (χ0) is 15.4. The van der Waals surface area contributed by atoms with Gasteiger partial charge in [0.05, 0.1) is 15.6 Å². The van der Waals surface area contributed by atoms with Gasteiger partial charge in [-0.25, -0.2) is 9.59 Å². The van der Waals surface area contributed by atoms with Gasteiger partial charge in [-0.1, -0.05) is 23.2 Å². The second kappa shape index (κ2) is 6.47. The fourth-order valence-electron chi connectivity index (χ4n) is 1.56. The first kappa shape index (κ1) is 15.2. The Morgan fingerprint density at radius 1 is 0.857 bits per heavy atom. The van der Waals surface area contributed by atoms with Crippen molar-refractivity contribution in [1.82, 2.24) is 0 Å². The first-order chi connectivity index (χ1) is 9.95. The van der Waals surface area contributed by atoms with E-state index in [9.17, 15) is 9.59 Å². The molecule has 2 aromatic carbocycles. The zero-order valence-corrected chi connectivity index (χ0v) is 12.1. The number of hydrogen-bond acceptors (Lipinski definition) is 2. The van der Waals surface area contributed by atoms with Gasteiger partial charge in [-0.3, -0.25) is 0 Å². The molecule has 0 radical (unpaired) electrons. The summed E-state index contributed by atoms with van der Waals surface area (Å²) in [5, 5.41) is 14.7. The van der Waals surface area contributed by atoms with Crippen LogP contribution in [0, 0.1) is 0 Å². The summed E-state index contributed by atoms with van der Waals surface area (Å²) in [6.45, 7) is 0. The van der Waals surface area contributed by atoms with Gasteiger partial charge in [-0.15, -0.1) is 0 Å². The van der Waals surface area contributed by atoms with Crippen LogP contribution in [0.3, 0.4) is 0 Å². The fourth-order valence-corrected chi connectivity index (χ4v) is 1.86. The number of carboxylic acids is 1. The van der Waals surface area contributed by atoms with Crippen LogP contribution in [0.5, 0.6) is 0 Å². The number of aromatic carboxylic acids is 1. The van der Waals surface area contributed by atoms with Crippen molar-refractivity contribution >= 4 is 46.6 Å². The van der Waals surface area contributed by atoms with Gasteiger partial charge in [0.1, 0.15) is 0 Å². The minimum atomic E-state index is -1.03. The van der Waals surface area contributed by atoms with E-state index in [4.69, 9.17) is 28.3 Å². The lowest BCUT2D eigenvalue weighted by atomic mass is 10.2. The Bertz CT molecular complexity index is 687. The molecule has 0 aliphatic heterocycles. The van der Waals surface area contributed by atoms with Crippen molar-refractivity contribution < 1.29 is 14.7 Å². The van der Waals surface area contributed by atoms with E-state index in [0.717, 1.165) is 0 Å². The normalized spacial score (nSPS) is 10.0. The Morgan fingerprint density at radius 2 is 1.43 bits per heavy atom. The molecule has 0 aliphatic carbocycles. The highest BCUT2D eigenvalue weighted by Crippen LogP contribution is 2.25. The third-order valence-electron chi connectivity index (χ3n) is 2.57. The Morgan fingerprint density at radius 3 is 2.00 bits per heavy atom. The third-order valence-corrected chi connectivity index (χ3v) is 3.31. The van der Waals surface area contributed by atoms with Gasteiger partial charge in [0.2, 0.25) is 0 Å². The van der Waals surface area contributed by atoms with E-state index in [0.29, 0.717) is 21.4 Å². The molecule has 0 fully saturated rings. The van der Waals surface area contributed by atoms with Crippen LogP contribution in [-0.4, -0.2) is 17.1 Å². The van der Waals surface area contributed by atoms with Crippen molar-refractivity contribution in [2.45, 2.75) is 0 Å². The first-order valence-electron chi connectivity index (χ1n) is 5.82. The SMILES string of the molecule is O=C(Nc1ccc(C(=O)O)cc1)Nc1ccc(Cl)c(Cl)c1. The van der Waals surface area contributed by atoms with Gasteiger partial charge in [-0.05, 0) is 42.5 Å². The second-order valence-electron chi connectivity index (χ2n) is 4.09. The molecule has 0 spiro atoms. The molecule has 2 aromatic rings. The molecule has 0 saturated heterocycles. The minimum Gasteiger partial charge on any atom is -0.478 e. The lowest BCUT2D eigenvalue weighted by Gasteiger charge is -2.08. The lowest BCUT2D eigenvalue weighted by molar-refractivity contribution is 0.0697. The van der Waals surface area contributed by atoms with Crippen LogP contribution in [0.4, 0.5) is 16.2 Å². The highest BCUT2D eigenvalue weighted by atomic mass is 35.5. The van der Waals surface area contributed by atoms with Gasteiger partial charge in [0, 0.05) is 11.4 Å². The molecule has 0 heterocycles. The number of carbonyl (C=O) groups is 2.